The number of nitrogens with zero attached hydrogens (tertiary/aromatic N) is 2. The Labute approximate surface area is 104 Å². The first-order valence-corrected chi connectivity index (χ1v) is 6.09. The van der Waals surface area contributed by atoms with E-state index in [0.717, 1.165) is 0 Å². The van der Waals surface area contributed by atoms with Crippen molar-refractivity contribution < 1.29 is 9.59 Å². The summed E-state index contributed by atoms with van der Waals surface area (Å²) < 4.78 is 0. The van der Waals surface area contributed by atoms with Crippen LogP contribution in [0.5, 0.6) is 0 Å². The predicted octanol–water partition coefficient (Wildman–Crippen LogP) is 1.64. The summed E-state index contributed by atoms with van der Waals surface area (Å²) in [6.45, 7) is 3.77. The highest BCUT2D eigenvalue weighted by atomic mass is 32.1. The summed E-state index contributed by atoms with van der Waals surface area (Å²) in [5.74, 6) is 2.50. The molecule has 0 N–H and O–H groups in total. The van der Waals surface area contributed by atoms with Crippen molar-refractivity contribution in [3.8, 4) is 12.3 Å². The van der Waals surface area contributed by atoms with E-state index in [9.17, 15) is 9.59 Å². The van der Waals surface area contributed by atoms with E-state index in [-0.39, 0.29) is 17.6 Å². The Kier molecular flexibility index (Phi) is 2.99. The van der Waals surface area contributed by atoms with Crippen LogP contribution < -0.4 is 4.90 Å². The molecule has 1 amide bonds. The van der Waals surface area contributed by atoms with Crippen LogP contribution in [0.3, 0.4) is 0 Å². The van der Waals surface area contributed by atoms with Crippen LogP contribution >= 0.6 is 11.3 Å². The van der Waals surface area contributed by atoms with E-state index in [1.54, 1.807) is 11.8 Å². The van der Waals surface area contributed by atoms with E-state index in [2.05, 4.69) is 10.9 Å². The fourth-order valence-electron chi connectivity index (χ4n) is 1.83. The number of carbonyl (C=O) groups is 2. The first-order valence-electron chi connectivity index (χ1n) is 5.27. The number of thiazole rings is 1. The molecule has 0 radical (unpaired) electrons. The van der Waals surface area contributed by atoms with Gasteiger partial charge in [0.2, 0.25) is 5.91 Å². The van der Waals surface area contributed by atoms with Crippen molar-refractivity contribution in [1.82, 2.24) is 4.98 Å². The van der Waals surface area contributed by atoms with Gasteiger partial charge in [-0.2, -0.15) is 0 Å². The molecule has 1 unspecified atom stereocenters. The number of Topliss-reactive ketones (excluding diaryl/α,β-unsaturated/α-hetero) is 1. The number of aromatic nitrogens is 1. The number of amides is 1. The molecule has 0 aliphatic carbocycles. The first-order chi connectivity index (χ1) is 8.02. The first kappa shape index (κ1) is 11.8. The van der Waals surface area contributed by atoms with Gasteiger partial charge in [-0.25, -0.2) is 4.98 Å². The van der Waals surface area contributed by atoms with Gasteiger partial charge in [0.1, 0.15) is 0 Å². The van der Waals surface area contributed by atoms with Crippen LogP contribution in [0.4, 0.5) is 5.13 Å². The second kappa shape index (κ2) is 4.30. The van der Waals surface area contributed by atoms with Crippen molar-refractivity contribution in [1.29, 1.82) is 0 Å². The van der Waals surface area contributed by atoms with Crippen LogP contribution in [0.25, 0.3) is 0 Å². The number of aryl methyl sites for hydroxylation is 1. The van der Waals surface area contributed by atoms with Crippen molar-refractivity contribution in [2.45, 2.75) is 20.3 Å². The molecule has 0 aromatic carbocycles. The van der Waals surface area contributed by atoms with Gasteiger partial charge in [-0.15, -0.1) is 12.3 Å². The fourth-order valence-corrected chi connectivity index (χ4v) is 2.82. The lowest BCUT2D eigenvalue weighted by Crippen LogP contribution is -2.24. The monoisotopic (exact) mass is 248 g/mol. The van der Waals surface area contributed by atoms with Crippen molar-refractivity contribution >= 4 is 28.2 Å². The normalized spacial score (nSPS) is 19.5. The van der Waals surface area contributed by atoms with E-state index in [0.29, 0.717) is 28.7 Å². The predicted molar refractivity (Wildman–Crippen MR) is 66.1 cm³/mol. The SMILES string of the molecule is C#CC1CC(=O)N(c2nc(C)c(C(C)=O)s2)C1. The minimum Gasteiger partial charge on any atom is -0.294 e. The summed E-state index contributed by atoms with van der Waals surface area (Å²) in [5.41, 5.74) is 0.675. The lowest BCUT2D eigenvalue weighted by Gasteiger charge is -2.10. The van der Waals surface area contributed by atoms with Crippen molar-refractivity contribution in [3.05, 3.63) is 10.6 Å². The second-order valence-corrected chi connectivity index (χ2v) is 5.02. The van der Waals surface area contributed by atoms with Gasteiger partial charge in [0, 0.05) is 25.8 Å². The molecular formula is C12H12N2O2S. The van der Waals surface area contributed by atoms with Crippen molar-refractivity contribution in [2.24, 2.45) is 5.92 Å². The third-order valence-corrected chi connectivity index (χ3v) is 3.98. The third kappa shape index (κ3) is 2.08. The van der Waals surface area contributed by atoms with Gasteiger partial charge in [-0.3, -0.25) is 14.5 Å². The van der Waals surface area contributed by atoms with E-state index in [1.165, 1.54) is 18.3 Å². The Hall–Kier alpha value is -1.67. The maximum Gasteiger partial charge on any atom is 0.230 e. The van der Waals surface area contributed by atoms with Crippen LogP contribution in [0, 0.1) is 25.2 Å². The minimum atomic E-state index is -0.0486. The zero-order valence-corrected chi connectivity index (χ0v) is 10.5. The Balaban J connectivity index is 2.30. The van der Waals surface area contributed by atoms with Gasteiger partial charge in [0.15, 0.2) is 10.9 Å². The quantitative estimate of drug-likeness (QED) is 0.590. The Morgan fingerprint density at radius 1 is 1.65 bits per heavy atom. The van der Waals surface area contributed by atoms with E-state index in [1.807, 2.05) is 0 Å². The number of anilines is 1. The maximum absolute atomic E-state index is 11.7. The maximum atomic E-state index is 11.7. The molecule has 1 atom stereocenters. The molecule has 1 fully saturated rings. The summed E-state index contributed by atoms with van der Waals surface area (Å²) in [4.78, 5) is 29.5. The van der Waals surface area contributed by atoms with E-state index < -0.39 is 0 Å². The van der Waals surface area contributed by atoms with Gasteiger partial charge < -0.3 is 0 Å². The van der Waals surface area contributed by atoms with Crippen LogP contribution in [0.1, 0.15) is 28.7 Å². The number of hydrogen-bond donors (Lipinski definition) is 0. The topological polar surface area (TPSA) is 50.3 Å². The standard InChI is InChI=1S/C12H12N2O2S/c1-4-9-5-10(16)14(6-9)12-13-7(2)11(17-12)8(3)15/h1,9H,5-6H2,2-3H3. The lowest BCUT2D eigenvalue weighted by atomic mass is 10.1. The summed E-state index contributed by atoms with van der Waals surface area (Å²) in [7, 11) is 0. The summed E-state index contributed by atoms with van der Waals surface area (Å²) in [5, 5.41) is 0.579. The molecular weight excluding hydrogens is 236 g/mol. The molecule has 2 heterocycles. The zero-order chi connectivity index (χ0) is 12.6. The summed E-state index contributed by atoms with van der Waals surface area (Å²) in [6.07, 6.45) is 5.69. The molecule has 1 aliphatic rings. The third-order valence-electron chi connectivity index (χ3n) is 2.70. The summed E-state index contributed by atoms with van der Waals surface area (Å²) in [6, 6.07) is 0. The Morgan fingerprint density at radius 2 is 2.35 bits per heavy atom. The van der Waals surface area contributed by atoms with Gasteiger partial charge in [0.25, 0.3) is 0 Å². The molecule has 1 aromatic rings. The van der Waals surface area contributed by atoms with Crippen molar-refractivity contribution in [3.63, 3.8) is 0 Å². The van der Waals surface area contributed by atoms with E-state index >= 15 is 0 Å². The Bertz CT molecular complexity index is 527. The molecule has 1 aliphatic heterocycles. The molecule has 4 nitrogen and oxygen atoms in total. The molecule has 2 rings (SSSR count). The zero-order valence-electron chi connectivity index (χ0n) is 9.69. The Morgan fingerprint density at radius 3 is 2.82 bits per heavy atom. The van der Waals surface area contributed by atoms with Crippen molar-refractivity contribution in [2.75, 3.05) is 11.4 Å². The van der Waals surface area contributed by atoms with Gasteiger partial charge in [-0.1, -0.05) is 11.3 Å². The van der Waals surface area contributed by atoms with Gasteiger partial charge in [-0.05, 0) is 6.92 Å². The number of terminal acetylenes is 1. The highest BCUT2D eigenvalue weighted by Gasteiger charge is 2.31. The van der Waals surface area contributed by atoms with Crippen LogP contribution in [0.2, 0.25) is 0 Å². The lowest BCUT2D eigenvalue weighted by molar-refractivity contribution is -0.117. The van der Waals surface area contributed by atoms with Gasteiger partial charge >= 0.3 is 0 Å². The number of ketones is 1. The van der Waals surface area contributed by atoms with Crippen LogP contribution in [-0.2, 0) is 4.79 Å². The average molecular weight is 248 g/mol. The molecule has 88 valence electrons. The number of rotatable bonds is 2. The molecule has 0 saturated carbocycles. The molecule has 0 spiro atoms. The fraction of sp³-hybridized carbons (Fsp3) is 0.417. The highest BCUT2D eigenvalue weighted by molar-refractivity contribution is 7.17. The number of hydrogen-bond acceptors (Lipinski definition) is 4. The molecule has 0 bridgehead atoms. The second-order valence-electron chi connectivity index (χ2n) is 4.04. The van der Waals surface area contributed by atoms with Crippen LogP contribution in [0.15, 0.2) is 0 Å². The van der Waals surface area contributed by atoms with Crippen LogP contribution in [-0.4, -0.2) is 23.2 Å². The molecule has 1 aromatic heterocycles. The smallest absolute Gasteiger partial charge is 0.230 e. The summed E-state index contributed by atoms with van der Waals surface area (Å²) >= 11 is 1.26. The van der Waals surface area contributed by atoms with Gasteiger partial charge in [0.05, 0.1) is 10.6 Å². The minimum absolute atomic E-state index is 0.0168. The highest BCUT2D eigenvalue weighted by Crippen LogP contribution is 2.30. The average Bonchev–Trinajstić information content (AvgIpc) is 2.81. The molecule has 5 heteroatoms. The number of carbonyl (C=O) groups excluding carboxylic acids is 2. The largest absolute Gasteiger partial charge is 0.294 e. The molecule has 17 heavy (non-hydrogen) atoms. The molecule has 1 saturated heterocycles. The van der Waals surface area contributed by atoms with E-state index in [4.69, 9.17) is 6.42 Å².